The Morgan fingerprint density at radius 2 is 1.90 bits per heavy atom. The molecule has 1 aliphatic rings. The molecule has 0 radical (unpaired) electrons. The Bertz CT molecular complexity index is 852. The summed E-state index contributed by atoms with van der Waals surface area (Å²) in [5, 5.41) is 3.55. The van der Waals surface area contributed by atoms with Gasteiger partial charge in [0.1, 0.15) is 0 Å². The molecule has 0 spiro atoms. The summed E-state index contributed by atoms with van der Waals surface area (Å²) in [6.45, 7) is 0. The third kappa shape index (κ3) is 2.40. The number of anilines is 2. The Balaban J connectivity index is 1.77. The fourth-order valence-corrected chi connectivity index (χ4v) is 2.46. The number of hydrogen-bond donors (Lipinski definition) is 1. The molecule has 1 saturated carbocycles. The molecule has 0 saturated heterocycles. The fourth-order valence-electron chi connectivity index (χ4n) is 2.46. The average molecular weight is 278 g/mol. The smallest absolute Gasteiger partial charge is 0.348 e. The van der Waals surface area contributed by atoms with Crippen molar-refractivity contribution in [2.45, 2.75) is 18.8 Å². The lowest BCUT2D eigenvalue weighted by Gasteiger charge is -2.05. The molecule has 4 heteroatoms. The molecule has 0 aliphatic heterocycles. The summed E-state index contributed by atoms with van der Waals surface area (Å²) in [5.41, 5.74) is 2.42. The number of hydrogen-bond acceptors (Lipinski definition) is 4. The van der Waals surface area contributed by atoms with Gasteiger partial charge in [0.2, 0.25) is 0 Å². The van der Waals surface area contributed by atoms with E-state index in [-0.39, 0.29) is 11.6 Å². The molecule has 0 unspecified atom stereocenters. The molecule has 21 heavy (non-hydrogen) atoms. The normalized spacial score (nSPS) is 14.3. The van der Waals surface area contributed by atoms with E-state index in [0.717, 1.165) is 5.69 Å². The molecular weight excluding hydrogens is 264 g/mol. The van der Waals surface area contributed by atoms with E-state index in [9.17, 15) is 4.79 Å². The predicted molar refractivity (Wildman–Crippen MR) is 82.0 cm³/mol. The lowest BCUT2D eigenvalue weighted by atomic mass is 10.1. The summed E-state index contributed by atoms with van der Waals surface area (Å²) in [4.78, 5) is 16.5. The molecule has 4 nitrogen and oxygen atoms in total. The molecule has 4 rings (SSSR count). The highest BCUT2D eigenvalue weighted by atomic mass is 16.4. The molecule has 1 fully saturated rings. The molecule has 0 atom stereocenters. The summed E-state index contributed by atoms with van der Waals surface area (Å²) in [7, 11) is 0. The van der Waals surface area contributed by atoms with Gasteiger partial charge < -0.3 is 9.73 Å². The quantitative estimate of drug-likeness (QED) is 0.791. The van der Waals surface area contributed by atoms with Crippen molar-refractivity contribution >= 4 is 22.6 Å². The van der Waals surface area contributed by atoms with Crippen LogP contribution in [-0.4, -0.2) is 4.98 Å². The molecule has 0 amide bonds. The zero-order valence-electron chi connectivity index (χ0n) is 11.4. The van der Waals surface area contributed by atoms with E-state index in [1.807, 2.05) is 48.5 Å². The van der Waals surface area contributed by atoms with Crippen LogP contribution < -0.4 is 10.9 Å². The van der Waals surface area contributed by atoms with E-state index >= 15 is 0 Å². The van der Waals surface area contributed by atoms with Crippen LogP contribution in [-0.2, 0) is 0 Å². The van der Waals surface area contributed by atoms with Gasteiger partial charge >= 0.3 is 11.6 Å². The van der Waals surface area contributed by atoms with Crippen LogP contribution in [0.1, 0.15) is 24.3 Å². The van der Waals surface area contributed by atoms with Crippen LogP contribution in [0.15, 0.2) is 57.7 Å². The summed E-state index contributed by atoms with van der Waals surface area (Å²) < 4.78 is 5.23. The van der Waals surface area contributed by atoms with E-state index in [1.165, 1.54) is 18.4 Å². The Kier molecular flexibility index (Phi) is 2.74. The monoisotopic (exact) mass is 278 g/mol. The minimum absolute atomic E-state index is 0.228. The third-order valence-electron chi connectivity index (χ3n) is 3.73. The standard InChI is InChI=1S/C17H14N2O2/c20-16-14-9-8-12(11-6-7-11)10-15(14)19-17(21-16)18-13-4-2-1-3-5-13/h1-5,8-11H,6-7H2,(H,18,19). The minimum Gasteiger partial charge on any atom is -0.388 e. The van der Waals surface area contributed by atoms with Gasteiger partial charge in [-0.25, -0.2) is 4.79 Å². The van der Waals surface area contributed by atoms with E-state index < -0.39 is 0 Å². The predicted octanol–water partition coefficient (Wildman–Crippen LogP) is 3.81. The van der Waals surface area contributed by atoms with Gasteiger partial charge in [-0.1, -0.05) is 24.3 Å². The zero-order chi connectivity index (χ0) is 14.2. The fraction of sp³-hybridized carbons (Fsp3) is 0.176. The van der Waals surface area contributed by atoms with Crippen molar-refractivity contribution < 1.29 is 4.42 Å². The highest BCUT2D eigenvalue weighted by Gasteiger charge is 2.24. The first-order valence-electron chi connectivity index (χ1n) is 7.06. The lowest BCUT2D eigenvalue weighted by Crippen LogP contribution is -2.05. The molecule has 104 valence electrons. The second-order valence-electron chi connectivity index (χ2n) is 5.35. The highest BCUT2D eigenvalue weighted by molar-refractivity contribution is 5.79. The second-order valence-corrected chi connectivity index (χ2v) is 5.35. The van der Waals surface area contributed by atoms with Crippen LogP contribution in [0, 0.1) is 0 Å². The van der Waals surface area contributed by atoms with Gasteiger partial charge in [0.25, 0.3) is 0 Å². The van der Waals surface area contributed by atoms with Crippen molar-refractivity contribution in [3.63, 3.8) is 0 Å². The highest BCUT2D eigenvalue weighted by Crippen LogP contribution is 2.40. The van der Waals surface area contributed by atoms with Crippen LogP contribution in [0.5, 0.6) is 0 Å². The third-order valence-corrected chi connectivity index (χ3v) is 3.73. The zero-order valence-corrected chi connectivity index (χ0v) is 11.4. The number of aromatic nitrogens is 1. The van der Waals surface area contributed by atoms with Crippen molar-refractivity contribution in [1.82, 2.24) is 4.98 Å². The summed E-state index contributed by atoms with van der Waals surface area (Å²) in [6, 6.07) is 15.6. The van der Waals surface area contributed by atoms with Gasteiger partial charge in [-0.3, -0.25) is 0 Å². The first-order chi connectivity index (χ1) is 10.3. The molecule has 2 aromatic carbocycles. The Hall–Kier alpha value is -2.62. The first-order valence-corrected chi connectivity index (χ1v) is 7.06. The summed E-state index contributed by atoms with van der Waals surface area (Å²) in [5.74, 6) is 0.633. The van der Waals surface area contributed by atoms with E-state index in [1.54, 1.807) is 0 Å². The van der Waals surface area contributed by atoms with Crippen molar-refractivity contribution in [3.05, 3.63) is 64.5 Å². The van der Waals surface area contributed by atoms with E-state index in [2.05, 4.69) is 10.3 Å². The number of nitrogens with zero attached hydrogens (tertiary/aromatic N) is 1. The van der Waals surface area contributed by atoms with Crippen molar-refractivity contribution in [3.8, 4) is 0 Å². The van der Waals surface area contributed by atoms with Gasteiger partial charge in [0.05, 0.1) is 10.9 Å². The van der Waals surface area contributed by atoms with Gasteiger partial charge in [-0.05, 0) is 48.6 Å². The molecule has 3 aromatic rings. The van der Waals surface area contributed by atoms with Crippen molar-refractivity contribution in [2.24, 2.45) is 0 Å². The molecule has 1 N–H and O–H groups in total. The van der Waals surface area contributed by atoms with Crippen LogP contribution in [0.2, 0.25) is 0 Å². The molecule has 1 aromatic heterocycles. The van der Waals surface area contributed by atoms with Crippen LogP contribution >= 0.6 is 0 Å². The van der Waals surface area contributed by atoms with Crippen LogP contribution in [0.3, 0.4) is 0 Å². The van der Waals surface area contributed by atoms with Gasteiger partial charge in [-0.2, -0.15) is 4.98 Å². The number of rotatable bonds is 3. The molecule has 1 aliphatic carbocycles. The van der Waals surface area contributed by atoms with Crippen molar-refractivity contribution in [2.75, 3.05) is 5.32 Å². The maximum absolute atomic E-state index is 12.0. The Morgan fingerprint density at radius 1 is 1.10 bits per heavy atom. The van der Waals surface area contributed by atoms with E-state index in [4.69, 9.17) is 4.42 Å². The topological polar surface area (TPSA) is 55.1 Å². The molecule has 1 heterocycles. The average Bonchev–Trinajstić information content (AvgIpc) is 3.32. The maximum Gasteiger partial charge on any atom is 0.348 e. The Morgan fingerprint density at radius 3 is 2.67 bits per heavy atom. The number of para-hydroxylation sites is 1. The largest absolute Gasteiger partial charge is 0.388 e. The number of benzene rings is 2. The molecule has 0 bridgehead atoms. The van der Waals surface area contributed by atoms with Crippen LogP contribution in [0.25, 0.3) is 10.9 Å². The van der Waals surface area contributed by atoms with Gasteiger partial charge in [-0.15, -0.1) is 0 Å². The summed E-state index contributed by atoms with van der Waals surface area (Å²) >= 11 is 0. The van der Waals surface area contributed by atoms with Crippen molar-refractivity contribution in [1.29, 1.82) is 0 Å². The van der Waals surface area contributed by atoms with Crippen LogP contribution in [0.4, 0.5) is 11.7 Å². The lowest BCUT2D eigenvalue weighted by molar-refractivity contribution is 0.522. The number of nitrogens with one attached hydrogen (secondary N) is 1. The van der Waals surface area contributed by atoms with E-state index in [0.29, 0.717) is 16.8 Å². The first kappa shape index (κ1) is 12.1. The van der Waals surface area contributed by atoms with Gasteiger partial charge in [0, 0.05) is 5.69 Å². The number of fused-ring (bicyclic) bond motifs is 1. The SMILES string of the molecule is O=c1oc(Nc2ccccc2)nc2cc(C3CC3)ccc12. The minimum atomic E-state index is -0.360. The summed E-state index contributed by atoms with van der Waals surface area (Å²) in [6.07, 6.45) is 2.45. The second kappa shape index (κ2) is 4.74. The molecular formula is C17H14N2O2. The maximum atomic E-state index is 12.0. The Labute approximate surface area is 121 Å². The van der Waals surface area contributed by atoms with Gasteiger partial charge in [0.15, 0.2) is 0 Å².